The Balaban J connectivity index is 1.44. The van der Waals surface area contributed by atoms with Crippen molar-refractivity contribution in [1.29, 1.82) is 0 Å². The Morgan fingerprint density at radius 2 is 1.68 bits per heavy atom. The predicted molar refractivity (Wildman–Crippen MR) is 119 cm³/mol. The van der Waals surface area contributed by atoms with Gasteiger partial charge in [0.2, 0.25) is 5.91 Å². The summed E-state index contributed by atoms with van der Waals surface area (Å²) in [5, 5.41) is 7.62. The summed E-state index contributed by atoms with van der Waals surface area (Å²) in [7, 11) is 0. The van der Waals surface area contributed by atoms with Gasteiger partial charge in [0.05, 0.1) is 0 Å². The first-order chi connectivity index (χ1) is 14.9. The zero-order chi connectivity index (χ0) is 22.0. The monoisotopic (exact) mass is 415 g/mol. The van der Waals surface area contributed by atoms with Gasteiger partial charge in [-0.05, 0) is 40.8 Å². The van der Waals surface area contributed by atoms with Gasteiger partial charge in [-0.3, -0.25) is 14.5 Å². The van der Waals surface area contributed by atoms with Crippen molar-refractivity contribution in [2.24, 2.45) is 0 Å². The number of imide groups is 1. The molecular formula is C25H25N3O3. The molecule has 0 aromatic heterocycles. The summed E-state index contributed by atoms with van der Waals surface area (Å²) in [6.45, 7) is 3.80. The van der Waals surface area contributed by atoms with Crippen LogP contribution >= 0.6 is 0 Å². The zero-order valence-electron chi connectivity index (χ0n) is 17.6. The molecule has 1 saturated heterocycles. The first-order valence-corrected chi connectivity index (χ1v) is 10.3. The lowest BCUT2D eigenvalue weighted by atomic mass is 9.90. The second-order valence-electron chi connectivity index (χ2n) is 8.12. The highest BCUT2D eigenvalue weighted by Gasteiger charge is 2.49. The number of nitrogens with zero attached hydrogens (tertiary/aromatic N) is 1. The Morgan fingerprint density at radius 3 is 2.42 bits per heavy atom. The van der Waals surface area contributed by atoms with Crippen LogP contribution in [0, 0.1) is 0 Å². The van der Waals surface area contributed by atoms with Gasteiger partial charge in [0, 0.05) is 6.54 Å². The smallest absolute Gasteiger partial charge is 0.325 e. The third-order valence-electron chi connectivity index (χ3n) is 5.88. The molecular weight excluding hydrogens is 390 g/mol. The van der Waals surface area contributed by atoms with Crippen molar-refractivity contribution in [2.75, 3.05) is 13.1 Å². The molecule has 0 spiro atoms. The van der Waals surface area contributed by atoms with E-state index in [0.717, 1.165) is 21.2 Å². The topological polar surface area (TPSA) is 78.5 Å². The molecule has 6 nitrogen and oxygen atoms in total. The van der Waals surface area contributed by atoms with E-state index >= 15 is 0 Å². The molecule has 0 radical (unpaired) electrons. The highest BCUT2D eigenvalue weighted by Crippen LogP contribution is 2.30. The number of benzene rings is 3. The maximum atomic E-state index is 13.1. The van der Waals surface area contributed by atoms with Gasteiger partial charge in [-0.1, -0.05) is 73.7 Å². The van der Waals surface area contributed by atoms with E-state index in [1.165, 1.54) is 0 Å². The molecule has 3 aromatic carbocycles. The Bertz CT molecular complexity index is 1140. The zero-order valence-corrected chi connectivity index (χ0v) is 17.6. The van der Waals surface area contributed by atoms with Crippen LogP contribution in [0.2, 0.25) is 0 Å². The van der Waals surface area contributed by atoms with E-state index in [2.05, 4.69) is 10.6 Å². The van der Waals surface area contributed by atoms with Crippen LogP contribution in [0.5, 0.6) is 0 Å². The van der Waals surface area contributed by atoms with Crippen molar-refractivity contribution in [3.05, 3.63) is 83.9 Å². The minimum atomic E-state index is -1.21. The highest BCUT2D eigenvalue weighted by atomic mass is 16.2. The molecule has 0 bridgehead atoms. The SMILES string of the molecule is CC(CNC(=O)CN1C(=O)NC(C)(c2ccc3ccccc3c2)C1=O)c1ccccc1. The second-order valence-corrected chi connectivity index (χ2v) is 8.12. The van der Waals surface area contributed by atoms with E-state index < -0.39 is 17.5 Å². The summed E-state index contributed by atoms with van der Waals surface area (Å²) in [5.74, 6) is -0.677. The fraction of sp³-hybridized carbons (Fsp3) is 0.240. The quantitative estimate of drug-likeness (QED) is 0.605. The number of urea groups is 1. The summed E-state index contributed by atoms with van der Waals surface area (Å²) in [6, 6.07) is 22.8. The third-order valence-corrected chi connectivity index (χ3v) is 5.88. The number of nitrogens with one attached hydrogen (secondary N) is 2. The summed E-state index contributed by atoms with van der Waals surface area (Å²) >= 11 is 0. The van der Waals surface area contributed by atoms with E-state index in [1.807, 2.05) is 79.7 Å². The molecule has 158 valence electrons. The van der Waals surface area contributed by atoms with Crippen molar-refractivity contribution in [2.45, 2.75) is 25.3 Å². The number of hydrogen-bond acceptors (Lipinski definition) is 3. The molecule has 1 aliphatic heterocycles. The average molecular weight is 415 g/mol. The van der Waals surface area contributed by atoms with E-state index in [0.29, 0.717) is 12.1 Å². The Labute approximate surface area is 181 Å². The van der Waals surface area contributed by atoms with E-state index in [9.17, 15) is 14.4 Å². The number of carbonyl (C=O) groups excluding carboxylic acids is 3. The molecule has 1 heterocycles. The van der Waals surface area contributed by atoms with Crippen LogP contribution in [0.15, 0.2) is 72.8 Å². The van der Waals surface area contributed by atoms with E-state index in [4.69, 9.17) is 0 Å². The third kappa shape index (κ3) is 4.01. The molecule has 2 unspecified atom stereocenters. The molecule has 3 aromatic rings. The predicted octanol–water partition coefficient (Wildman–Crippen LogP) is 3.53. The van der Waals surface area contributed by atoms with Crippen LogP contribution < -0.4 is 10.6 Å². The van der Waals surface area contributed by atoms with Gasteiger partial charge in [-0.25, -0.2) is 4.79 Å². The maximum Gasteiger partial charge on any atom is 0.325 e. The summed E-state index contributed by atoms with van der Waals surface area (Å²) < 4.78 is 0. The van der Waals surface area contributed by atoms with Gasteiger partial charge in [0.1, 0.15) is 12.1 Å². The molecule has 4 rings (SSSR count). The number of rotatable bonds is 6. The Morgan fingerprint density at radius 1 is 1.00 bits per heavy atom. The first-order valence-electron chi connectivity index (χ1n) is 10.3. The van der Waals surface area contributed by atoms with Crippen molar-refractivity contribution >= 4 is 28.6 Å². The highest BCUT2D eigenvalue weighted by molar-refractivity contribution is 6.09. The van der Waals surface area contributed by atoms with Crippen molar-refractivity contribution < 1.29 is 14.4 Å². The van der Waals surface area contributed by atoms with Crippen molar-refractivity contribution in [1.82, 2.24) is 15.5 Å². The van der Waals surface area contributed by atoms with Crippen LogP contribution in [0.25, 0.3) is 10.8 Å². The molecule has 6 heteroatoms. The molecule has 0 aliphatic carbocycles. The van der Waals surface area contributed by atoms with Gasteiger partial charge in [-0.15, -0.1) is 0 Å². The van der Waals surface area contributed by atoms with E-state index in [-0.39, 0.29) is 18.4 Å². The van der Waals surface area contributed by atoms with Gasteiger partial charge >= 0.3 is 6.03 Å². The minimum absolute atomic E-state index is 0.121. The minimum Gasteiger partial charge on any atom is -0.354 e. The van der Waals surface area contributed by atoms with Crippen LogP contribution in [0.4, 0.5) is 4.79 Å². The largest absolute Gasteiger partial charge is 0.354 e. The Kier molecular flexibility index (Phi) is 5.46. The van der Waals surface area contributed by atoms with Gasteiger partial charge in [-0.2, -0.15) is 0 Å². The lowest BCUT2D eigenvalue weighted by molar-refractivity contribution is -0.134. The molecule has 4 amide bonds. The van der Waals surface area contributed by atoms with Gasteiger partial charge < -0.3 is 10.6 Å². The normalized spacial score (nSPS) is 19.4. The van der Waals surface area contributed by atoms with Gasteiger partial charge in [0.15, 0.2) is 0 Å². The molecule has 2 atom stereocenters. The number of carbonyl (C=O) groups is 3. The lowest BCUT2D eigenvalue weighted by Gasteiger charge is -2.22. The molecule has 1 aliphatic rings. The molecule has 1 fully saturated rings. The lowest BCUT2D eigenvalue weighted by Crippen LogP contribution is -2.43. The number of fused-ring (bicyclic) bond motifs is 1. The molecule has 2 N–H and O–H groups in total. The number of amides is 4. The standard InChI is InChI=1S/C25H25N3O3/c1-17(18-8-4-3-5-9-18)15-26-22(29)16-28-23(30)25(2,27-24(28)31)21-13-12-19-10-6-7-11-20(19)14-21/h3-14,17H,15-16H2,1-2H3,(H,26,29)(H,27,31). The Hall–Kier alpha value is -3.67. The fourth-order valence-corrected chi connectivity index (χ4v) is 3.90. The number of hydrogen-bond donors (Lipinski definition) is 2. The summed E-state index contributed by atoms with van der Waals surface area (Å²) in [5.41, 5.74) is 0.588. The van der Waals surface area contributed by atoms with Crippen LogP contribution in [0.3, 0.4) is 0 Å². The second kappa shape index (κ2) is 8.22. The van der Waals surface area contributed by atoms with E-state index in [1.54, 1.807) is 6.92 Å². The van der Waals surface area contributed by atoms with Crippen molar-refractivity contribution in [3.8, 4) is 0 Å². The first kappa shape index (κ1) is 20.6. The van der Waals surface area contributed by atoms with Crippen LogP contribution in [-0.4, -0.2) is 35.8 Å². The van der Waals surface area contributed by atoms with Gasteiger partial charge in [0.25, 0.3) is 5.91 Å². The maximum absolute atomic E-state index is 13.1. The van der Waals surface area contributed by atoms with Crippen LogP contribution in [0.1, 0.15) is 30.9 Å². The average Bonchev–Trinajstić information content (AvgIpc) is 3.01. The van der Waals surface area contributed by atoms with Crippen LogP contribution in [-0.2, 0) is 15.1 Å². The fourth-order valence-electron chi connectivity index (χ4n) is 3.90. The van der Waals surface area contributed by atoms with Crippen molar-refractivity contribution in [3.63, 3.8) is 0 Å². The molecule has 31 heavy (non-hydrogen) atoms. The summed E-state index contributed by atoms with van der Waals surface area (Å²) in [4.78, 5) is 39.1. The summed E-state index contributed by atoms with van der Waals surface area (Å²) in [6.07, 6.45) is 0. The molecule has 0 saturated carbocycles.